The van der Waals surface area contributed by atoms with E-state index < -0.39 is 20.8 Å². The van der Waals surface area contributed by atoms with E-state index in [-0.39, 0.29) is 0 Å². The average Bonchev–Trinajstić information content (AvgIpc) is 3.29. The molecule has 0 unspecified atom stereocenters. The van der Waals surface area contributed by atoms with Gasteiger partial charge in [-0.15, -0.1) is 0 Å². The average molecular weight is 551 g/mol. The molecule has 0 atom stereocenters. The Kier molecular flexibility index (Phi) is 10.0. The van der Waals surface area contributed by atoms with Crippen LogP contribution in [0.2, 0.25) is 0 Å². The number of para-hydroxylation sites is 2. The number of hydrogen-bond donors (Lipinski definition) is 2. The maximum atomic E-state index is 9.33. The summed E-state index contributed by atoms with van der Waals surface area (Å²) in [5.41, 5.74) is 2.67. The minimum absolute atomic E-state index is 0.870. The number of rotatable bonds is 5. The van der Waals surface area contributed by atoms with Crippen LogP contribution in [0.15, 0.2) is 48.5 Å². The molecule has 0 saturated carbocycles. The lowest BCUT2D eigenvalue weighted by atomic mass is 10.3. The van der Waals surface area contributed by atoms with E-state index in [1.54, 1.807) is 0 Å². The minimum atomic E-state index is -4.16. The maximum Gasteiger partial charge on any atom is 0.397 e. The molecule has 2 aromatic heterocycles. The number of benzene rings is 2. The molecule has 4 aromatic rings. The first-order valence-corrected chi connectivity index (χ1v) is 14.0. The first-order chi connectivity index (χ1) is 15.9. The van der Waals surface area contributed by atoms with Crippen LogP contribution in [0.25, 0.3) is 20.4 Å². The Hall–Kier alpha value is -2.04. The van der Waals surface area contributed by atoms with Crippen molar-refractivity contribution < 1.29 is 43.4 Å². The summed E-state index contributed by atoms with van der Waals surface area (Å²) >= 11 is 3.83. The molecule has 0 aliphatic heterocycles. The fourth-order valence-electron chi connectivity index (χ4n) is 2.95. The van der Waals surface area contributed by atoms with Crippen molar-refractivity contribution in [2.75, 3.05) is 14.2 Å². The van der Waals surface area contributed by atoms with Crippen molar-refractivity contribution in [1.29, 1.82) is 0 Å². The zero-order valence-electron chi connectivity index (χ0n) is 18.9. The van der Waals surface area contributed by atoms with Gasteiger partial charge in [-0.2, -0.15) is 26.0 Å². The third kappa shape index (κ3) is 8.32. The molecule has 4 rings (SSSR count). The van der Waals surface area contributed by atoms with Crippen molar-refractivity contribution in [3.63, 3.8) is 0 Å². The van der Waals surface area contributed by atoms with Gasteiger partial charge in [0.05, 0.1) is 27.1 Å². The molecule has 0 fully saturated rings. The second-order valence-electron chi connectivity index (χ2n) is 6.73. The van der Waals surface area contributed by atoms with Gasteiger partial charge < -0.3 is 0 Å². The number of aryl methyl sites for hydroxylation is 4. The number of hydrogen-bond acceptors (Lipinski definition) is 8. The highest BCUT2D eigenvalue weighted by atomic mass is 32.3. The Morgan fingerprint density at radius 1 is 0.706 bits per heavy atom. The summed E-state index contributed by atoms with van der Waals surface area (Å²) < 4.78 is 66.8. The van der Waals surface area contributed by atoms with Gasteiger partial charge >= 0.3 is 20.8 Å². The molecule has 186 valence electrons. The summed E-state index contributed by atoms with van der Waals surface area (Å²) in [5.74, 6) is 0. The Labute approximate surface area is 206 Å². The molecule has 0 bridgehead atoms. The number of fused-ring (bicyclic) bond motifs is 2. The lowest BCUT2D eigenvalue weighted by Gasteiger charge is -1.92. The van der Waals surface area contributed by atoms with E-state index in [0.29, 0.717) is 0 Å². The van der Waals surface area contributed by atoms with Crippen LogP contribution in [0.3, 0.4) is 0 Å². The van der Waals surface area contributed by atoms with E-state index in [9.17, 15) is 16.8 Å². The first kappa shape index (κ1) is 28.2. The second-order valence-corrected chi connectivity index (χ2v) is 11.3. The van der Waals surface area contributed by atoms with Crippen molar-refractivity contribution in [3.8, 4) is 0 Å². The maximum absolute atomic E-state index is 9.33. The smallest absolute Gasteiger partial charge is 0.264 e. The van der Waals surface area contributed by atoms with Gasteiger partial charge in [0.25, 0.3) is 0 Å². The molecule has 2 N–H and O–H groups in total. The van der Waals surface area contributed by atoms with Gasteiger partial charge in [0.2, 0.25) is 21.0 Å². The van der Waals surface area contributed by atoms with Crippen LogP contribution in [0, 0.1) is 0 Å². The van der Waals surface area contributed by atoms with E-state index in [1.165, 1.54) is 30.4 Å². The first-order valence-electron chi connectivity index (χ1n) is 9.65. The monoisotopic (exact) mass is 550 g/mol. The molecular formula is C20H26N2O8S4+2. The van der Waals surface area contributed by atoms with E-state index >= 15 is 0 Å². The number of aromatic nitrogens is 2. The SMILES string of the molecule is COS(=O)(=O)O.COS(=O)(=O)O.C[n+]1c(CCc2sc3ccccc3[n+]2C)sc2ccccc21. The molecular weight excluding hydrogens is 524 g/mol. The van der Waals surface area contributed by atoms with Crippen molar-refractivity contribution >= 4 is 63.9 Å². The predicted octanol–water partition coefficient (Wildman–Crippen LogP) is 2.42. The highest BCUT2D eigenvalue weighted by molar-refractivity contribution is 7.81. The van der Waals surface area contributed by atoms with Crippen LogP contribution in [0.1, 0.15) is 10.0 Å². The fraction of sp³-hybridized carbons (Fsp3) is 0.300. The normalized spacial score (nSPS) is 11.6. The van der Waals surface area contributed by atoms with E-state index in [0.717, 1.165) is 27.1 Å². The van der Waals surface area contributed by atoms with Crippen LogP contribution in [-0.4, -0.2) is 40.2 Å². The summed E-state index contributed by atoms with van der Waals surface area (Å²) in [6, 6.07) is 17.3. The van der Waals surface area contributed by atoms with Crippen LogP contribution in [0.4, 0.5) is 0 Å². The molecule has 34 heavy (non-hydrogen) atoms. The highest BCUT2D eigenvalue weighted by Gasteiger charge is 2.21. The molecule has 0 aliphatic carbocycles. The topological polar surface area (TPSA) is 135 Å². The number of thiazole rings is 2. The third-order valence-corrected chi connectivity index (χ3v) is 8.03. The Bertz CT molecular complexity index is 1350. The molecule has 2 aromatic carbocycles. The van der Waals surface area contributed by atoms with Gasteiger partial charge in [-0.05, 0) is 12.1 Å². The molecule has 2 heterocycles. The van der Waals surface area contributed by atoms with Crippen LogP contribution >= 0.6 is 22.7 Å². The van der Waals surface area contributed by atoms with Gasteiger partial charge in [0.1, 0.15) is 23.5 Å². The van der Waals surface area contributed by atoms with E-state index in [2.05, 4.69) is 80.1 Å². The standard InChI is InChI=1S/C18H18N2S2.2CH4O4S/c1-19-13-7-3-5-9-15(13)21-17(19)11-12-18-20(2)14-8-4-6-10-16(14)22-18;2*1-5-6(2,3)4/h3-10H,11-12H2,1-2H3;2*1H3,(H,2,3,4)/q+2;;. The zero-order valence-corrected chi connectivity index (χ0v) is 22.2. The minimum Gasteiger partial charge on any atom is -0.264 e. The van der Waals surface area contributed by atoms with Gasteiger partial charge in [0.15, 0.2) is 0 Å². The molecule has 14 heteroatoms. The third-order valence-electron chi connectivity index (χ3n) is 4.63. The Morgan fingerprint density at radius 2 is 1.00 bits per heavy atom. The van der Waals surface area contributed by atoms with E-state index in [1.807, 2.05) is 22.7 Å². The molecule has 0 spiro atoms. The Balaban J connectivity index is 0.000000285. The summed E-state index contributed by atoms with van der Waals surface area (Å²) in [6.07, 6.45) is 2.19. The van der Waals surface area contributed by atoms with Gasteiger partial charge in [-0.1, -0.05) is 46.9 Å². The zero-order chi connectivity index (χ0) is 25.5. The Morgan fingerprint density at radius 3 is 1.26 bits per heavy atom. The highest BCUT2D eigenvalue weighted by Crippen LogP contribution is 2.23. The van der Waals surface area contributed by atoms with E-state index in [4.69, 9.17) is 9.11 Å². The summed E-state index contributed by atoms with van der Waals surface area (Å²) in [6.45, 7) is 0. The van der Waals surface area contributed by atoms with Crippen LogP contribution < -0.4 is 9.13 Å². The molecule has 0 aliphatic rings. The summed E-state index contributed by atoms with van der Waals surface area (Å²) in [4.78, 5) is 0. The van der Waals surface area contributed by atoms with Crippen molar-refractivity contribution in [1.82, 2.24) is 0 Å². The molecule has 0 radical (unpaired) electrons. The fourth-order valence-corrected chi connectivity index (χ4v) is 5.25. The molecule has 0 saturated heterocycles. The van der Waals surface area contributed by atoms with Crippen molar-refractivity contribution in [2.24, 2.45) is 14.1 Å². The molecule has 0 amide bonds. The van der Waals surface area contributed by atoms with Gasteiger partial charge in [0, 0.05) is 12.1 Å². The lowest BCUT2D eigenvalue weighted by Crippen LogP contribution is -2.33. The van der Waals surface area contributed by atoms with Crippen molar-refractivity contribution in [3.05, 3.63) is 58.5 Å². The number of nitrogens with zero attached hydrogens (tertiary/aromatic N) is 2. The lowest BCUT2D eigenvalue weighted by molar-refractivity contribution is -0.652. The quantitative estimate of drug-likeness (QED) is 0.286. The van der Waals surface area contributed by atoms with Crippen LogP contribution in [-0.2, 0) is 56.1 Å². The van der Waals surface area contributed by atoms with Crippen LogP contribution in [0.5, 0.6) is 0 Å². The van der Waals surface area contributed by atoms with Gasteiger partial charge in [-0.25, -0.2) is 0 Å². The molecule has 10 nitrogen and oxygen atoms in total. The summed E-state index contributed by atoms with van der Waals surface area (Å²) in [5, 5.41) is 2.89. The second kappa shape index (κ2) is 12.1. The largest absolute Gasteiger partial charge is 0.397 e. The predicted molar refractivity (Wildman–Crippen MR) is 131 cm³/mol. The van der Waals surface area contributed by atoms with Crippen molar-refractivity contribution in [2.45, 2.75) is 12.8 Å². The summed E-state index contributed by atoms with van der Waals surface area (Å²) in [7, 11) is -2.22. The van der Waals surface area contributed by atoms with Gasteiger partial charge in [-0.3, -0.25) is 17.5 Å².